The monoisotopic (exact) mass is 229 g/mol. The number of aromatic nitrogens is 2. The number of rotatable bonds is 5. The molecule has 0 amide bonds. The summed E-state index contributed by atoms with van der Waals surface area (Å²) in [5, 5.41) is 3.10. The fourth-order valence-corrected chi connectivity index (χ4v) is 2.25. The molecule has 84 valence electrons. The molecule has 0 aromatic carbocycles. The second-order valence-corrected chi connectivity index (χ2v) is 5.81. The van der Waals surface area contributed by atoms with Crippen LogP contribution >= 0.6 is 0 Å². The smallest absolute Gasteiger partial charge is 0.148 e. The predicted molar refractivity (Wildman–Crippen MR) is 58.0 cm³/mol. The molecule has 0 aliphatic heterocycles. The summed E-state index contributed by atoms with van der Waals surface area (Å²) in [6, 6.07) is -0.0693. The summed E-state index contributed by atoms with van der Waals surface area (Å²) in [7, 11) is -2.92. The number of hydrogen-bond donors (Lipinski definition) is 1. The van der Waals surface area contributed by atoms with Crippen molar-refractivity contribution >= 4 is 9.84 Å². The van der Waals surface area contributed by atoms with E-state index in [-0.39, 0.29) is 11.8 Å². The first kappa shape index (κ1) is 12.1. The maximum Gasteiger partial charge on any atom is 0.148 e. The SMILES string of the molecule is CC(CS(C)(=O)=O)NCc1cncnc1. The number of hydrogen-bond acceptors (Lipinski definition) is 5. The Morgan fingerprint density at radius 1 is 1.40 bits per heavy atom. The van der Waals surface area contributed by atoms with E-state index in [1.165, 1.54) is 12.6 Å². The zero-order valence-corrected chi connectivity index (χ0v) is 9.66. The Balaban J connectivity index is 2.38. The van der Waals surface area contributed by atoms with Crippen molar-refractivity contribution in [3.8, 4) is 0 Å². The molecule has 1 N–H and O–H groups in total. The summed E-state index contributed by atoms with van der Waals surface area (Å²) in [4.78, 5) is 7.74. The van der Waals surface area contributed by atoms with E-state index < -0.39 is 9.84 Å². The second kappa shape index (κ2) is 5.18. The van der Waals surface area contributed by atoms with Gasteiger partial charge in [-0.25, -0.2) is 18.4 Å². The van der Waals surface area contributed by atoms with Crippen molar-refractivity contribution in [3.05, 3.63) is 24.3 Å². The number of nitrogens with one attached hydrogen (secondary N) is 1. The first-order valence-electron chi connectivity index (χ1n) is 4.62. The van der Waals surface area contributed by atoms with Crippen LogP contribution in [0.2, 0.25) is 0 Å². The molecule has 1 rings (SSSR count). The lowest BCUT2D eigenvalue weighted by Gasteiger charge is -2.11. The predicted octanol–water partition coefficient (Wildman–Crippen LogP) is -0.000700. The van der Waals surface area contributed by atoms with Crippen LogP contribution in [0.1, 0.15) is 12.5 Å². The van der Waals surface area contributed by atoms with Crippen molar-refractivity contribution in [2.45, 2.75) is 19.5 Å². The van der Waals surface area contributed by atoms with E-state index in [0.717, 1.165) is 5.56 Å². The van der Waals surface area contributed by atoms with Gasteiger partial charge in [-0.1, -0.05) is 0 Å². The fourth-order valence-electron chi connectivity index (χ4n) is 1.23. The van der Waals surface area contributed by atoms with Crippen molar-refractivity contribution in [1.29, 1.82) is 0 Å². The molecule has 0 aliphatic rings. The minimum absolute atomic E-state index is 0.0693. The highest BCUT2D eigenvalue weighted by atomic mass is 32.2. The van der Waals surface area contributed by atoms with Crippen LogP contribution in [0.5, 0.6) is 0 Å². The molecule has 1 heterocycles. The van der Waals surface area contributed by atoms with Crippen LogP contribution in [0.4, 0.5) is 0 Å². The minimum Gasteiger partial charge on any atom is -0.309 e. The van der Waals surface area contributed by atoms with Gasteiger partial charge in [-0.3, -0.25) is 0 Å². The minimum atomic E-state index is -2.92. The van der Waals surface area contributed by atoms with Crippen LogP contribution < -0.4 is 5.32 Å². The summed E-state index contributed by atoms with van der Waals surface area (Å²) < 4.78 is 22.0. The summed E-state index contributed by atoms with van der Waals surface area (Å²) >= 11 is 0. The van der Waals surface area contributed by atoms with E-state index in [1.54, 1.807) is 12.4 Å². The zero-order valence-electron chi connectivity index (χ0n) is 8.84. The van der Waals surface area contributed by atoms with Gasteiger partial charge in [0, 0.05) is 36.8 Å². The molecule has 0 fully saturated rings. The Hall–Kier alpha value is -1.01. The topological polar surface area (TPSA) is 72.0 Å². The molecule has 0 spiro atoms. The Morgan fingerprint density at radius 3 is 2.53 bits per heavy atom. The average Bonchev–Trinajstić information content (AvgIpc) is 2.14. The third-order valence-corrected chi connectivity index (χ3v) is 2.93. The maximum atomic E-state index is 11.0. The van der Waals surface area contributed by atoms with Gasteiger partial charge in [0.1, 0.15) is 16.2 Å². The quantitative estimate of drug-likeness (QED) is 0.769. The van der Waals surface area contributed by atoms with E-state index in [0.29, 0.717) is 6.54 Å². The molecule has 0 radical (unpaired) electrons. The fraction of sp³-hybridized carbons (Fsp3) is 0.556. The van der Waals surface area contributed by atoms with Crippen molar-refractivity contribution in [3.63, 3.8) is 0 Å². The first-order chi connectivity index (χ1) is 6.97. The van der Waals surface area contributed by atoms with Crippen molar-refractivity contribution in [1.82, 2.24) is 15.3 Å². The first-order valence-corrected chi connectivity index (χ1v) is 6.68. The third-order valence-electron chi connectivity index (χ3n) is 1.82. The molecule has 6 heteroatoms. The molecule has 5 nitrogen and oxygen atoms in total. The number of sulfone groups is 1. The van der Waals surface area contributed by atoms with Gasteiger partial charge in [0.25, 0.3) is 0 Å². The van der Waals surface area contributed by atoms with Gasteiger partial charge >= 0.3 is 0 Å². The van der Waals surface area contributed by atoms with E-state index >= 15 is 0 Å². The van der Waals surface area contributed by atoms with Crippen LogP contribution in [0.25, 0.3) is 0 Å². The molecule has 1 unspecified atom stereocenters. The maximum absolute atomic E-state index is 11.0. The van der Waals surface area contributed by atoms with Gasteiger partial charge in [-0.15, -0.1) is 0 Å². The molecule has 1 aromatic rings. The van der Waals surface area contributed by atoms with Gasteiger partial charge in [0.15, 0.2) is 0 Å². The average molecular weight is 229 g/mol. The van der Waals surface area contributed by atoms with Crippen LogP contribution in [-0.4, -0.2) is 36.4 Å². The van der Waals surface area contributed by atoms with E-state index in [4.69, 9.17) is 0 Å². The van der Waals surface area contributed by atoms with Gasteiger partial charge in [0.05, 0.1) is 5.75 Å². The van der Waals surface area contributed by atoms with Gasteiger partial charge in [-0.2, -0.15) is 0 Å². The zero-order chi connectivity index (χ0) is 11.3. The number of nitrogens with zero attached hydrogens (tertiary/aromatic N) is 2. The lowest BCUT2D eigenvalue weighted by molar-refractivity contribution is 0.559. The highest BCUT2D eigenvalue weighted by Crippen LogP contribution is 1.95. The van der Waals surface area contributed by atoms with Crippen LogP contribution in [0, 0.1) is 0 Å². The third kappa shape index (κ3) is 5.44. The lowest BCUT2D eigenvalue weighted by Crippen LogP contribution is -2.32. The van der Waals surface area contributed by atoms with Crippen molar-refractivity contribution in [2.24, 2.45) is 0 Å². The largest absolute Gasteiger partial charge is 0.309 e. The molecule has 0 saturated heterocycles. The summed E-state index contributed by atoms with van der Waals surface area (Å²) in [5.74, 6) is 0.140. The Kier molecular flexibility index (Phi) is 4.16. The Bertz CT molecular complexity index is 391. The highest BCUT2D eigenvalue weighted by Gasteiger charge is 2.09. The Labute approximate surface area is 89.9 Å². The van der Waals surface area contributed by atoms with Crippen LogP contribution in [0.15, 0.2) is 18.7 Å². The molecule has 0 bridgehead atoms. The highest BCUT2D eigenvalue weighted by molar-refractivity contribution is 7.90. The molecule has 0 aliphatic carbocycles. The summed E-state index contributed by atoms with van der Waals surface area (Å²) in [6.07, 6.45) is 6.10. The van der Waals surface area contributed by atoms with Crippen LogP contribution in [0.3, 0.4) is 0 Å². The Morgan fingerprint density at radius 2 is 2.00 bits per heavy atom. The van der Waals surface area contributed by atoms with Crippen molar-refractivity contribution < 1.29 is 8.42 Å². The standard InChI is InChI=1S/C9H15N3O2S/c1-8(6-15(2,13)14)12-5-9-3-10-7-11-4-9/h3-4,7-8,12H,5-6H2,1-2H3. The van der Waals surface area contributed by atoms with Crippen LogP contribution in [-0.2, 0) is 16.4 Å². The van der Waals surface area contributed by atoms with Gasteiger partial charge in [0.2, 0.25) is 0 Å². The summed E-state index contributed by atoms with van der Waals surface area (Å²) in [6.45, 7) is 2.42. The summed E-state index contributed by atoms with van der Waals surface area (Å²) in [5.41, 5.74) is 0.942. The van der Waals surface area contributed by atoms with E-state index in [9.17, 15) is 8.42 Å². The van der Waals surface area contributed by atoms with Gasteiger partial charge in [-0.05, 0) is 6.92 Å². The van der Waals surface area contributed by atoms with Gasteiger partial charge < -0.3 is 5.32 Å². The molecular formula is C9H15N3O2S. The molecule has 1 atom stereocenters. The van der Waals surface area contributed by atoms with E-state index in [2.05, 4.69) is 15.3 Å². The van der Waals surface area contributed by atoms with E-state index in [1.807, 2.05) is 6.92 Å². The molecule has 15 heavy (non-hydrogen) atoms. The lowest BCUT2D eigenvalue weighted by atomic mass is 10.3. The molecular weight excluding hydrogens is 214 g/mol. The molecule has 0 saturated carbocycles. The second-order valence-electron chi connectivity index (χ2n) is 3.62. The normalized spacial score (nSPS) is 13.7. The molecule has 1 aromatic heterocycles. The van der Waals surface area contributed by atoms with Crippen molar-refractivity contribution in [2.75, 3.05) is 12.0 Å².